The van der Waals surface area contributed by atoms with Crippen LogP contribution in [0.25, 0.3) is 33.5 Å². The van der Waals surface area contributed by atoms with Crippen molar-refractivity contribution in [3.05, 3.63) is 65.2 Å². The number of thiophene rings is 1. The number of hydrogen-bond acceptors (Lipinski definition) is 1. The third kappa shape index (κ3) is 2.30. The van der Waals surface area contributed by atoms with Crippen LogP contribution in [0.2, 0.25) is 0 Å². The Labute approximate surface area is 135 Å². The molecule has 110 valence electrons. The fourth-order valence-electron chi connectivity index (χ4n) is 2.89. The Morgan fingerprint density at radius 1 is 1.18 bits per heavy atom. The molecule has 22 heavy (non-hydrogen) atoms. The molecule has 0 aliphatic heterocycles. The minimum Gasteiger partial charge on any atom is -0.201 e. The van der Waals surface area contributed by atoms with Gasteiger partial charge in [-0.2, -0.15) is 0 Å². The number of pyridine rings is 1. The van der Waals surface area contributed by atoms with E-state index in [4.69, 9.17) is 0 Å². The third-order valence-electron chi connectivity index (χ3n) is 3.96. The summed E-state index contributed by atoms with van der Waals surface area (Å²) >= 11 is 1.83. The van der Waals surface area contributed by atoms with E-state index in [0.29, 0.717) is 0 Å². The molecule has 0 spiro atoms. The lowest BCUT2D eigenvalue weighted by Gasteiger charge is -2.06. The zero-order chi connectivity index (χ0) is 15.7. The molecule has 0 atom stereocenters. The summed E-state index contributed by atoms with van der Waals surface area (Å²) < 4.78 is 3.52. The zero-order valence-corrected chi connectivity index (χ0v) is 14.1. The van der Waals surface area contributed by atoms with Crippen LogP contribution in [0.5, 0.6) is 0 Å². The first kappa shape index (κ1) is 14.7. The first-order chi connectivity index (χ1) is 10.7. The Balaban J connectivity index is 2.43. The maximum Gasteiger partial charge on any atom is 0.213 e. The SMILES string of the molecule is C=Cc1sc2c(-c3cccc[n+]3C)c(C)ccc2c1/C=C\C. The second-order valence-electron chi connectivity index (χ2n) is 5.42. The third-order valence-corrected chi connectivity index (χ3v) is 5.20. The van der Waals surface area contributed by atoms with Crippen molar-refractivity contribution in [1.82, 2.24) is 0 Å². The molecule has 0 N–H and O–H groups in total. The van der Waals surface area contributed by atoms with Gasteiger partial charge in [0.15, 0.2) is 6.20 Å². The molecule has 3 rings (SSSR count). The molecule has 0 aliphatic carbocycles. The van der Waals surface area contributed by atoms with E-state index in [1.807, 2.05) is 17.4 Å². The Bertz CT molecular complexity index is 884. The highest BCUT2D eigenvalue weighted by Crippen LogP contribution is 2.40. The molecule has 2 heterocycles. The standard InChI is InChI=1S/C20H20NS/c1-5-9-15-16-12-11-14(3)19(20(16)22-18(15)6-2)17-10-7-8-13-21(17)4/h5-13H,2H2,1,3-4H3/q+1/b9-5-. The van der Waals surface area contributed by atoms with E-state index in [1.165, 1.54) is 37.3 Å². The van der Waals surface area contributed by atoms with Gasteiger partial charge in [0.1, 0.15) is 7.05 Å². The Hall–Kier alpha value is -2.19. The van der Waals surface area contributed by atoms with Gasteiger partial charge in [0.25, 0.3) is 0 Å². The summed E-state index contributed by atoms with van der Waals surface area (Å²) in [5.74, 6) is 0. The Kier molecular flexibility index (Phi) is 3.95. The van der Waals surface area contributed by atoms with Crippen molar-refractivity contribution in [3.63, 3.8) is 0 Å². The van der Waals surface area contributed by atoms with Gasteiger partial charge < -0.3 is 0 Å². The molecular formula is C20H20NS+. The summed E-state index contributed by atoms with van der Waals surface area (Å²) in [6, 6.07) is 10.8. The van der Waals surface area contributed by atoms with Crippen LogP contribution < -0.4 is 4.57 Å². The topological polar surface area (TPSA) is 3.88 Å². The maximum atomic E-state index is 3.98. The fraction of sp³-hybridized carbons (Fsp3) is 0.150. The lowest BCUT2D eigenvalue weighted by atomic mass is 10.00. The van der Waals surface area contributed by atoms with Crippen LogP contribution in [0.15, 0.2) is 49.2 Å². The van der Waals surface area contributed by atoms with Crippen LogP contribution in [0.1, 0.15) is 22.9 Å². The molecule has 1 aromatic carbocycles. The van der Waals surface area contributed by atoms with Crippen molar-refractivity contribution in [2.45, 2.75) is 13.8 Å². The number of rotatable bonds is 3. The predicted octanol–water partition coefficient (Wildman–Crippen LogP) is 5.38. The summed E-state index contributed by atoms with van der Waals surface area (Å²) in [4.78, 5) is 1.23. The Morgan fingerprint density at radius 3 is 2.68 bits per heavy atom. The smallest absolute Gasteiger partial charge is 0.201 e. The van der Waals surface area contributed by atoms with E-state index in [9.17, 15) is 0 Å². The highest BCUT2D eigenvalue weighted by atomic mass is 32.1. The molecule has 1 nitrogen and oxygen atoms in total. The number of fused-ring (bicyclic) bond motifs is 1. The highest BCUT2D eigenvalue weighted by molar-refractivity contribution is 7.20. The Morgan fingerprint density at radius 2 is 2.00 bits per heavy atom. The van der Waals surface area contributed by atoms with Crippen molar-refractivity contribution in [2.75, 3.05) is 0 Å². The highest BCUT2D eigenvalue weighted by Gasteiger charge is 2.19. The van der Waals surface area contributed by atoms with E-state index in [1.54, 1.807) is 0 Å². The summed E-state index contributed by atoms with van der Waals surface area (Å²) in [5, 5.41) is 1.31. The van der Waals surface area contributed by atoms with Crippen LogP contribution in [0.3, 0.4) is 0 Å². The van der Waals surface area contributed by atoms with E-state index in [0.717, 1.165) is 0 Å². The van der Waals surface area contributed by atoms with E-state index < -0.39 is 0 Å². The summed E-state index contributed by atoms with van der Waals surface area (Å²) in [7, 11) is 2.10. The number of allylic oxidation sites excluding steroid dienone is 1. The average molecular weight is 306 g/mol. The molecular weight excluding hydrogens is 286 g/mol. The van der Waals surface area contributed by atoms with Gasteiger partial charge in [0, 0.05) is 27.1 Å². The first-order valence-corrected chi connectivity index (χ1v) is 8.25. The van der Waals surface area contributed by atoms with Gasteiger partial charge in [0.05, 0.1) is 5.56 Å². The van der Waals surface area contributed by atoms with Crippen molar-refractivity contribution < 1.29 is 4.57 Å². The van der Waals surface area contributed by atoms with Gasteiger partial charge >= 0.3 is 0 Å². The summed E-state index contributed by atoms with van der Waals surface area (Å²) in [6.07, 6.45) is 8.34. The summed E-state index contributed by atoms with van der Waals surface area (Å²) in [5.41, 5.74) is 5.15. The lowest BCUT2D eigenvalue weighted by molar-refractivity contribution is -0.660. The molecule has 0 amide bonds. The number of benzene rings is 1. The zero-order valence-electron chi connectivity index (χ0n) is 13.3. The van der Waals surface area contributed by atoms with Crippen LogP contribution in [-0.2, 0) is 7.05 Å². The van der Waals surface area contributed by atoms with Crippen molar-refractivity contribution in [3.8, 4) is 11.3 Å². The maximum absolute atomic E-state index is 3.98. The van der Waals surface area contributed by atoms with Gasteiger partial charge in [-0.3, -0.25) is 0 Å². The molecule has 0 aliphatic rings. The number of hydrogen-bond donors (Lipinski definition) is 0. The monoisotopic (exact) mass is 306 g/mol. The number of aryl methyl sites for hydroxylation is 2. The summed E-state index contributed by atoms with van der Waals surface area (Å²) in [6.45, 7) is 8.23. The molecule has 2 heteroatoms. The van der Waals surface area contributed by atoms with Crippen molar-refractivity contribution in [2.24, 2.45) is 7.05 Å². The molecule has 3 aromatic rings. The minimum atomic E-state index is 1.23. The molecule has 0 saturated heterocycles. The second kappa shape index (κ2) is 5.90. The van der Waals surface area contributed by atoms with Gasteiger partial charge in [-0.05, 0) is 31.0 Å². The largest absolute Gasteiger partial charge is 0.213 e. The van der Waals surface area contributed by atoms with E-state index >= 15 is 0 Å². The van der Waals surface area contributed by atoms with Gasteiger partial charge in [-0.25, -0.2) is 4.57 Å². The van der Waals surface area contributed by atoms with E-state index in [-0.39, 0.29) is 0 Å². The van der Waals surface area contributed by atoms with Crippen molar-refractivity contribution in [1.29, 1.82) is 0 Å². The molecule has 2 aromatic heterocycles. The van der Waals surface area contributed by atoms with Gasteiger partial charge in [-0.15, -0.1) is 11.3 Å². The lowest BCUT2D eigenvalue weighted by Crippen LogP contribution is -2.30. The quantitative estimate of drug-likeness (QED) is 0.572. The fourth-order valence-corrected chi connectivity index (χ4v) is 4.14. The van der Waals surface area contributed by atoms with Crippen LogP contribution in [0.4, 0.5) is 0 Å². The predicted molar refractivity (Wildman–Crippen MR) is 98.0 cm³/mol. The molecule has 0 fully saturated rings. The minimum absolute atomic E-state index is 1.23. The number of aromatic nitrogens is 1. The first-order valence-electron chi connectivity index (χ1n) is 7.43. The molecule has 0 bridgehead atoms. The van der Waals surface area contributed by atoms with E-state index in [2.05, 4.69) is 80.7 Å². The van der Waals surface area contributed by atoms with Crippen LogP contribution in [0, 0.1) is 6.92 Å². The number of nitrogens with zero attached hydrogens (tertiary/aromatic N) is 1. The van der Waals surface area contributed by atoms with Crippen LogP contribution >= 0.6 is 11.3 Å². The van der Waals surface area contributed by atoms with Crippen molar-refractivity contribution >= 4 is 33.6 Å². The average Bonchev–Trinajstić information content (AvgIpc) is 2.87. The molecule has 0 saturated carbocycles. The molecule has 0 radical (unpaired) electrons. The molecule has 0 unspecified atom stereocenters. The van der Waals surface area contributed by atoms with Gasteiger partial charge in [-0.1, -0.05) is 36.9 Å². The van der Waals surface area contributed by atoms with Crippen LogP contribution in [-0.4, -0.2) is 0 Å². The second-order valence-corrected chi connectivity index (χ2v) is 6.47. The normalized spacial score (nSPS) is 11.4. The van der Waals surface area contributed by atoms with Gasteiger partial charge in [0.2, 0.25) is 5.69 Å².